The molecule has 2 N–H and O–H groups in total. The Balaban J connectivity index is 1.37. The minimum absolute atomic E-state index is 0.297. The highest BCUT2D eigenvalue weighted by Gasteiger charge is 2.34. The van der Waals surface area contributed by atoms with E-state index in [4.69, 9.17) is 4.74 Å². The average molecular weight is 604 g/mol. The SMILES string of the molecule is CN(c1ccc(NC(=O)NC2CCN(c3cc(Br)cc(C(=O)OC(C)(C)C)c3)C2=O)cc1F)C1CCCCC1. The predicted molar refractivity (Wildman–Crippen MR) is 154 cm³/mol. The van der Waals surface area contributed by atoms with Crippen LogP contribution in [0.4, 0.5) is 26.2 Å². The van der Waals surface area contributed by atoms with Crippen molar-refractivity contribution in [1.82, 2.24) is 5.32 Å². The van der Waals surface area contributed by atoms with Crippen LogP contribution in [-0.2, 0) is 9.53 Å². The van der Waals surface area contributed by atoms with Gasteiger partial charge in [0.05, 0.1) is 11.3 Å². The van der Waals surface area contributed by atoms with E-state index in [1.54, 1.807) is 51.1 Å². The van der Waals surface area contributed by atoms with Crippen LogP contribution in [0.25, 0.3) is 0 Å². The summed E-state index contributed by atoms with van der Waals surface area (Å²) < 4.78 is 21.0. The van der Waals surface area contributed by atoms with E-state index in [9.17, 15) is 18.8 Å². The third-order valence-electron chi connectivity index (χ3n) is 7.05. The fourth-order valence-corrected chi connectivity index (χ4v) is 5.60. The van der Waals surface area contributed by atoms with E-state index >= 15 is 0 Å². The van der Waals surface area contributed by atoms with Gasteiger partial charge in [0, 0.05) is 35.5 Å². The molecule has 2 fully saturated rings. The number of benzene rings is 2. The first-order valence-corrected chi connectivity index (χ1v) is 14.2. The lowest BCUT2D eigenvalue weighted by Gasteiger charge is -2.33. The van der Waals surface area contributed by atoms with Gasteiger partial charge in [-0.3, -0.25) is 4.79 Å². The molecule has 1 saturated heterocycles. The van der Waals surface area contributed by atoms with Crippen LogP contribution in [0.3, 0.4) is 0 Å². The number of halogens is 2. The molecule has 2 aromatic rings. The Labute approximate surface area is 237 Å². The number of rotatable bonds is 6. The molecule has 2 aliphatic rings. The van der Waals surface area contributed by atoms with Crippen LogP contribution < -0.4 is 20.4 Å². The summed E-state index contributed by atoms with van der Waals surface area (Å²) in [5.41, 5.74) is 1.01. The van der Waals surface area contributed by atoms with E-state index in [1.807, 2.05) is 11.9 Å². The van der Waals surface area contributed by atoms with Crippen molar-refractivity contribution < 1.29 is 23.5 Å². The van der Waals surface area contributed by atoms with Crippen molar-refractivity contribution in [2.45, 2.75) is 77.0 Å². The van der Waals surface area contributed by atoms with Crippen molar-refractivity contribution in [1.29, 1.82) is 0 Å². The molecule has 1 unspecified atom stereocenters. The monoisotopic (exact) mass is 602 g/mol. The number of ether oxygens (including phenoxy) is 1. The van der Waals surface area contributed by atoms with Gasteiger partial charge in [0.15, 0.2) is 0 Å². The summed E-state index contributed by atoms with van der Waals surface area (Å²) in [6, 6.07) is 8.60. The van der Waals surface area contributed by atoms with E-state index in [-0.39, 0.29) is 5.91 Å². The van der Waals surface area contributed by atoms with Gasteiger partial charge in [-0.1, -0.05) is 35.2 Å². The third-order valence-corrected chi connectivity index (χ3v) is 7.51. The molecule has 4 rings (SSSR count). The molecule has 3 amide bonds. The molecule has 39 heavy (non-hydrogen) atoms. The predicted octanol–water partition coefficient (Wildman–Crippen LogP) is 6.24. The fraction of sp³-hybridized carbons (Fsp3) is 0.483. The summed E-state index contributed by atoms with van der Waals surface area (Å²) in [4.78, 5) is 41.9. The van der Waals surface area contributed by atoms with Crippen molar-refractivity contribution in [3.05, 3.63) is 52.3 Å². The lowest BCUT2D eigenvalue weighted by Crippen LogP contribution is -2.43. The Morgan fingerprint density at radius 2 is 1.79 bits per heavy atom. The van der Waals surface area contributed by atoms with Crippen LogP contribution in [0.2, 0.25) is 0 Å². The molecule has 2 aromatic carbocycles. The second-order valence-electron chi connectivity index (χ2n) is 11.2. The van der Waals surface area contributed by atoms with Gasteiger partial charge < -0.3 is 25.2 Å². The van der Waals surface area contributed by atoms with Crippen molar-refractivity contribution in [2.75, 3.05) is 28.7 Å². The first-order chi connectivity index (χ1) is 18.4. The number of esters is 1. The highest BCUT2D eigenvalue weighted by molar-refractivity contribution is 9.10. The van der Waals surface area contributed by atoms with E-state index in [1.165, 1.54) is 17.4 Å². The molecular formula is C29H36BrFN4O4. The van der Waals surface area contributed by atoms with Gasteiger partial charge in [0.2, 0.25) is 5.91 Å². The number of urea groups is 1. The van der Waals surface area contributed by atoms with Crippen LogP contribution in [0.15, 0.2) is 40.9 Å². The molecule has 0 bridgehead atoms. The Morgan fingerprint density at radius 1 is 1.08 bits per heavy atom. The van der Waals surface area contributed by atoms with Crippen LogP contribution in [0, 0.1) is 5.82 Å². The summed E-state index contributed by atoms with van der Waals surface area (Å²) in [7, 11) is 1.91. The van der Waals surface area contributed by atoms with Gasteiger partial charge in [-0.05, 0) is 76.4 Å². The van der Waals surface area contributed by atoms with Crippen molar-refractivity contribution in [3.8, 4) is 0 Å². The second kappa shape index (κ2) is 11.9. The molecule has 10 heteroatoms. The van der Waals surface area contributed by atoms with Gasteiger partial charge in [0.25, 0.3) is 0 Å². The molecule has 1 saturated carbocycles. The zero-order chi connectivity index (χ0) is 28.3. The van der Waals surface area contributed by atoms with E-state index in [0.717, 1.165) is 25.7 Å². The topological polar surface area (TPSA) is 91.0 Å². The Morgan fingerprint density at radius 3 is 2.46 bits per heavy atom. The maximum atomic E-state index is 14.9. The number of nitrogens with zero attached hydrogens (tertiary/aromatic N) is 2. The van der Waals surface area contributed by atoms with Gasteiger partial charge >= 0.3 is 12.0 Å². The lowest BCUT2D eigenvalue weighted by molar-refractivity contribution is -0.118. The normalized spacial score (nSPS) is 18.2. The van der Waals surface area contributed by atoms with Gasteiger partial charge in [-0.25, -0.2) is 14.0 Å². The summed E-state index contributed by atoms with van der Waals surface area (Å²) in [6.45, 7) is 5.72. The first kappa shape index (κ1) is 28.9. The van der Waals surface area contributed by atoms with Crippen LogP contribution in [0.5, 0.6) is 0 Å². The number of carbonyl (C=O) groups excluding carboxylic acids is 3. The van der Waals surface area contributed by atoms with E-state index < -0.39 is 29.5 Å². The van der Waals surface area contributed by atoms with Crippen LogP contribution >= 0.6 is 15.9 Å². The molecule has 0 spiro atoms. The van der Waals surface area contributed by atoms with E-state index in [2.05, 4.69) is 26.6 Å². The quantitative estimate of drug-likeness (QED) is 0.382. The van der Waals surface area contributed by atoms with Crippen molar-refractivity contribution in [3.63, 3.8) is 0 Å². The average Bonchev–Trinajstić information content (AvgIpc) is 3.22. The molecule has 0 radical (unpaired) electrons. The van der Waals surface area contributed by atoms with Gasteiger partial charge in [-0.15, -0.1) is 0 Å². The van der Waals surface area contributed by atoms with Gasteiger partial charge in [-0.2, -0.15) is 0 Å². The highest BCUT2D eigenvalue weighted by Crippen LogP contribution is 2.30. The molecule has 1 aliphatic carbocycles. The molecule has 1 aliphatic heterocycles. The fourth-order valence-electron chi connectivity index (χ4n) is 5.12. The Kier molecular flexibility index (Phi) is 8.83. The third kappa shape index (κ3) is 7.29. The Hall–Kier alpha value is -3.14. The zero-order valence-corrected chi connectivity index (χ0v) is 24.4. The summed E-state index contributed by atoms with van der Waals surface area (Å²) in [6.07, 6.45) is 6.02. The highest BCUT2D eigenvalue weighted by atomic mass is 79.9. The maximum Gasteiger partial charge on any atom is 0.338 e. The zero-order valence-electron chi connectivity index (χ0n) is 22.9. The van der Waals surface area contributed by atoms with Crippen molar-refractivity contribution in [2.24, 2.45) is 0 Å². The number of carbonyl (C=O) groups is 3. The molecule has 8 nitrogen and oxygen atoms in total. The molecule has 1 heterocycles. The second-order valence-corrected chi connectivity index (χ2v) is 12.1. The smallest absolute Gasteiger partial charge is 0.338 e. The molecular weight excluding hydrogens is 567 g/mol. The van der Waals surface area contributed by atoms with Crippen LogP contribution in [0.1, 0.15) is 69.7 Å². The summed E-state index contributed by atoms with van der Waals surface area (Å²) in [5.74, 6) is -1.19. The number of hydrogen-bond acceptors (Lipinski definition) is 5. The maximum absolute atomic E-state index is 14.9. The summed E-state index contributed by atoms with van der Waals surface area (Å²) in [5, 5.41) is 5.33. The van der Waals surface area contributed by atoms with Gasteiger partial charge in [0.1, 0.15) is 17.5 Å². The number of hydrogen-bond donors (Lipinski definition) is 2. The molecule has 0 aromatic heterocycles. The summed E-state index contributed by atoms with van der Waals surface area (Å²) >= 11 is 3.40. The molecule has 1 atom stereocenters. The van der Waals surface area contributed by atoms with Crippen molar-refractivity contribution >= 4 is 50.9 Å². The number of anilines is 3. The minimum atomic E-state index is -0.754. The minimum Gasteiger partial charge on any atom is -0.456 e. The van der Waals surface area contributed by atoms with Crippen LogP contribution in [-0.4, -0.2) is 49.2 Å². The first-order valence-electron chi connectivity index (χ1n) is 13.4. The number of amides is 3. The largest absolute Gasteiger partial charge is 0.456 e. The number of nitrogens with one attached hydrogen (secondary N) is 2. The lowest BCUT2D eigenvalue weighted by atomic mass is 9.94. The molecule has 210 valence electrons. The standard InChI is InChI=1S/C29H36BrFN4O4/c1-29(2,3)39-27(37)18-14-19(30)16-22(15-18)35-13-12-24(26(35)36)33-28(38)32-20-10-11-25(23(31)17-20)34(4)21-8-6-5-7-9-21/h10-11,14-17,21,24H,5-9,12-13H2,1-4H3,(H2,32,33,38). The Bertz CT molecular complexity index is 1240. The van der Waals surface area contributed by atoms with E-state index in [0.29, 0.717) is 46.1 Å².